The van der Waals surface area contributed by atoms with E-state index in [0.29, 0.717) is 0 Å². The standard InChI is InChI=1S/C31H41N3O3/c1-4-15-34-21-25(27-19-26(36-2)10-11-29(27)34)20-32-17-13-31(14-18-32)23-33(22-28(31)30(35)37-3)16-12-24-8-6-5-7-9-24/h5-11,19,21,28H,4,12-18,20,22-23H2,1-3H3. The van der Waals surface area contributed by atoms with Crippen molar-refractivity contribution in [2.75, 3.05) is 46.9 Å². The maximum atomic E-state index is 12.9. The lowest BCUT2D eigenvalue weighted by molar-refractivity contribution is -0.149. The lowest BCUT2D eigenvalue weighted by Gasteiger charge is -2.41. The smallest absolute Gasteiger partial charge is 0.310 e. The summed E-state index contributed by atoms with van der Waals surface area (Å²) in [6.07, 6.45) is 6.52. The van der Waals surface area contributed by atoms with Gasteiger partial charge >= 0.3 is 5.97 Å². The minimum Gasteiger partial charge on any atom is -0.497 e. The van der Waals surface area contributed by atoms with Crippen LogP contribution in [-0.2, 0) is 29.0 Å². The monoisotopic (exact) mass is 503 g/mol. The number of benzene rings is 2. The maximum Gasteiger partial charge on any atom is 0.310 e. The van der Waals surface area contributed by atoms with Crippen molar-refractivity contribution in [3.05, 3.63) is 65.9 Å². The molecular formula is C31H41N3O3. The van der Waals surface area contributed by atoms with Gasteiger partial charge in [0, 0.05) is 55.2 Å². The number of methoxy groups -OCH3 is 2. The van der Waals surface area contributed by atoms with Crippen molar-refractivity contribution in [1.82, 2.24) is 14.4 Å². The third-order valence-electron chi connectivity index (χ3n) is 8.64. The van der Waals surface area contributed by atoms with Crippen LogP contribution in [0.15, 0.2) is 54.7 Å². The Morgan fingerprint density at radius 3 is 2.51 bits per heavy atom. The van der Waals surface area contributed by atoms with Gasteiger partial charge in [-0.25, -0.2) is 0 Å². The van der Waals surface area contributed by atoms with Crippen molar-refractivity contribution in [2.24, 2.45) is 11.3 Å². The molecule has 1 aromatic heterocycles. The second-order valence-corrected chi connectivity index (χ2v) is 10.9. The molecule has 5 rings (SSSR count). The van der Waals surface area contributed by atoms with E-state index in [9.17, 15) is 4.79 Å². The van der Waals surface area contributed by atoms with Gasteiger partial charge < -0.3 is 18.9 Å². The Bertz CT molecular complexity index is 1200. The van der Waals surface area contributed by atoms with Crippen molar-refractivity contribution in [3.63, 3.8) is 0 Å². The lowest BCUT2D eigenvalue weighted by Crippen LogP contribution is -2.46. The topological polar surface area (TPSA) is 46.9 Å². The summed E-state index contributed by atoms with van der Waals surface area (Å²) in [5.74, 6) is 0.833. The summed E-state index contributed by atoms with van der Waals surface area (Å²) < 4.78 is 13.2. The van der Waals surface area contributed by atoms with Crippen LogP contribution in [0.1, 0.15) is 37.3 Å². The molecular weight excluding hydrogens is 462 g/mol. The first-order chi connectivity index (χ1) is 18.0. The van der Waals surface area contributed by atoms with E-state index in [1.807, 2.05) is 0 Å². The number of carbonyl (C=O) groups excluding carboxylic acids is 1. The van der Waals surface area contributed by atoms with E-state index in [4.69, 9.17) is 9.47 Å². The summed E-state index contributed by atoms with van der Waals surface area (Å²) in [5, 5.41) is 1.29. The molecule has 2 aliphatic heterocycles. The van der Waals surface area contributed by atoms with Crippen LogP contribution in [0, 0.1) is 11.3 Å². The zero-order valence-electron chi connectivity index (χ0n) is 22.6. The molecule has 198 valence electrons. The number of hydrogen-bond acceptors (Lipinski definition) is 5. The summed E-state index contributed by atoms with van der Waals surface area (Å²) in [7, 11) is 3.27. The second kappa shape index (κ2) is 11.3. The summed E-state index contributed by atoms with van der Waals surface area (Å²) in [4.78, 5) is 17.9. The van der Waals surface area contributed by atoms with E-state index in [-0.39, 0.29) is 17.3 Å². The van der Waals surface area contributed by atoms with Gasteiger partial charge in [0.2, 0.25) is 0 Å². The molecule has 6 heteroatoms. The quantitative estimate of drug-likeness (QED) is 0.385. The fourth-order valence-corrected chi connectivity index (χ4v) is 6.57. The molecule has 1 unspecified atom stereocenters. The minimum atomic E-state index is -0.0367. The molecule has 0 saturated carbocycles. The summed E-state index contributed by atoms with van der Waals surface area (Å²) in [6, 6.07) is 17.1. The van der Waals surface area contributed by atoms with Crippen molar-refractivity contribution in [1.29, 1.82) is 0 Å². The number of aromatic nitrogens is 1. The molecule has 3 aromatic rings. The number of fused-ring (bicyclic) bond motifs is 1. The largest absolute Gasteiger partial charge is 0.497 e. The molecule has 2 fully saturated rings. The zero-order chi connectivity index (χ0) is 25.8. The molecule has 3 heterocycles. The molecule has 37 heavy (non-hydrogen) atoms. The fourth-order valence-electron chi connectivity index (χ4n) is 6.57. The Hall–Kier alpha value is -2.83. The third kappa shape index (κ3) is 5.41. The summed E-state index contributed by atoms with van der Waals surface area (Å²) >= 11 is 0. The Labute approximate surface area is 221 Å². The van der Waals surface area contributed by atoms with Crippen molar-refractivity contribution in [2.45, 2.75) is 45.7 Å². The Morgan fingerprint density at radius 1 is 1.03 bits per heavy atom. The third-order valence-corrected chi connectivity index (χ3v) is 8.64. The highest BCUT2D eigenvalue weighted by atomic mass is 16.5. The molecule has 2 aromatic carbocycles. The number of hydrogen-bond donors (Lipinski definition) is 0. The molecule has 6 nitrogen and oxygen atoms in total. The van der Waals surface area contributed by atoms with E-state index < -0.39 is 0 Å². The van der Waals surface area contributed by atoms with E-state index in [1.54, 1.807) is 7.11 Å². The number of rotatable bonds is 9. The van der Waals surface area contributed by atoms with Crippen LogP contribution >= 0.6 is 0 Å². The highest BCUT2D eigenvalue weighted by molar-refractivity contribution is 5.85. The van der Waals surface area contributed by atoms with E-state index in [2.05, 4.69) is 76.0 Å². The molecule has 0 radical (unpaired) electrons. The maximum absolute atomic E-state index is 12.9. The van der Waals surface area contributed by atoms with Crippen molar-refractivity contribution < 1.29 is 14.3 Å². The second-order valence-electron chi connectivity index (χ2n) is 10.9. The SMILES string of the molecule is CCCn1cc(CN2CCC3(CC2)CN(CCc2ccccc2)CC3C(=O)OC)c2cc(OC)ccc21. The van der Waals surface area contributed by atoms with Crippen LogP contribution in [0.5, 0.6) is 5.75 Å². The molecule has 0 N–H and O–H groups in total. The van der Waals surface area contributed by atoms with Gasteiger partial charge in [-0.1, -0.05) is 37.3 Å². The molecule has 2 saturated heterocycles. The van der Waals surface area contributed by atoms with Crippen molar-refractivity contribution >= 4 is 16.9 Å². The number of carbonyl (C=O) groups is 1. The first kappa shape index (κ1) is 25.8. The number of piperidine rings is 1. The average molecular weight is 504 g/mol. The van der Waals surface area contributed by atoms with Gasteiger partial charge in [0.15, 0.2) is 0 Å². The Kier molecular flexibility index (Phi) is 7.87. The predicted octanol–water partition coefficient (Wildman–Crippen LogP) is 4.99. The van der Waals surface area contributed by atoms with Gasteiger partial charge in [0.05, 0.1) is 20.1 Å². The van der Waals surface area contributed by atoms with E-state index >= 15 is 0 Å². The summed E-state index contributed by atoms with van der Waals surface area (Å²) in [5.41, 5.74) is 4.01. The highest BCUT2D eigenvalue weighted by Crippen LogP contribution is 2.45. The summed E-state index contributed by atoms with van der Waals surface area (Å²) in [6.45, 7) is 8.96. The number of ether oxygens (including phenoxy) is 2. The Balaban J connectivity index is 1.27. The van der Waals surface area contributed by atoms with Gasteiger partial charge in [-0.15, -0.1) is 0 Å². The lowest BCUT2D eigenvalue weighted by atomic mass is 9.70. The van der Waals surface area contributed by atoms with Crippen LogP contribution in [0.4, 0.5) is 0 Å². The van der Waals surface area contributed by atoms with Gasteiger partial charge in [0.1, 0.15) is 5.75 Å². The average Bonchev–Trinajstić information content (AvgIpc) is 3.46. The van der Waals surface area contributed by atoms with Crippen molar-refractivity contribution in [3.8, 4) is 5.75 Å². The van der Waals surface area contributed by atoms with Crippen LogP contribution in [-0.4, -0.2) is 67.3 Å². The fraction of sp³-hybridized carbons (Fsp3) is 0.516. The van der Waals surface area contributed by atoms with Gasteiger partial charge in [-0.05, 0) is 68.1 Å². The van der Waals surface area contributed by atoms with Crippen LogP contribution < -0.4 is 4.74 Å². The van der Waals surface area contributed by atoms with Crippen LogP contribution in [0.25, 0.3) is 10.9 Å². The number of nitrogens with zero attached hydrogens (tertiary/aromatic N) is 3. The number of aryl methyl sites for hydroxylation is 1. The molecule has 0 bridgehead atoms. The molecule has 2 aliphatic rings. The highest BCUT2D eigenvalue weighted by Gasteiger charge is 2.51. The zero-order valence-corrected chi connectivity index (χ0v) is 22.6. The van der Waals surface area contributed by atoms with Gasteiger partial charge in [-0.3, -0.25) is 9.69 Å². The minimum absolute atomic E-state index is 0.0136. The van der Waals surface area contributed by atoms with Crippen LogP contribution in [0.3, 0.4) is 0 Å². The molecule has 1 atom stereocenters. The van der Waals surface area contributed by atoms with Crippen LogP contribution in [0.2, 0.25) is 0 Å². The normalized spacial score (nSPS) is 20.0. The Morgan fingerprint density at radius 2 is 1.81 bits per heavy atom. The van der Waals surface area contributed by atoms with E-state index in [0.717, 1.165) is 77.2 Å². The van der Waals surface area contributed by atoms with Gasteiger partial charge in [-0.2, -0.15) is 0 Å². The first-order valence-corrected chi connectivity index (χ1v) is 13.8. The molecule has 0 aliphatic carbocycles. The molecule has 0 amide bonds. The molecule has 1 spiro atoms. The predicted molar refractivity (Wildman–Crippen MR) is 148 cm³/mol. The first-order valence-electron chi connectivity index (χ1n) is 13.8. The van der Waals surface area contributed by atoms with E-state index in [1.165, 1.54) is 29.1 Å². The van der Waals surface area contributed by atoms with Gasteiger partial charge in [0.25, 0.3) is 0 Å². The number of esters is 1. The number of likely N-dealkylation sites (tertiary alicyclic amines) is 2.